The maximum absolute atomic E-state index is 5.97. The van der Waals surface area contributed by atoms with Crippen molar-refractivity contribution < 1.29 is 0 Å². The van der Waals surface area contributed by atoms with E-state index in [0.29, 0.717) is 0 Å². The molecule has 2 rings (SSSR count). The maximum Gasteiger partial charge on any atom is 0.0516 e. The monoisotopic (exact) mass is 187 g/mol. The smallest absolute Gasteiger partial charge is 0.0516 e. The van der Waals surface area contributed by atoms with Gasteiger partial charge in [0, 0.05) is 16.3 Å². The summed E-state index contributed by atoms with van der Waals surface area (Å²) in [6.45, 7) is 0. The Morgan fingerprint density at radius 1 is 1.64 bits per heavy atom. The predicted octanol–water partition coefficient (Wildman–Crippen LogP) is 2.81. The summed E-state index contributed by atoms with van der Waals surface area (Å²) in [6.07, 6.45) is 2.58. The van der Waals surface area contributed by atoms with Crippen LogP contribution in [0.5, 0.6) is 0 Å². The van der Waals surface area contributed by atoms with Gasteiger partial charge in [-0.15, -0.1) is 11.3 Å². The van der Waals surface area contributed by atoms with E-state index in [1.807, 2.05) is 11.4 Å². The van der Waals surface area contributed by atoms with Crippen molar-refractivity contribution in [1.82, 2.24) is 0 Å². The fourth-order valence-corrected chi connectivity index (χ4v) is 2.37. The second kappa shape index (κ2) is 2.77. The highest BCUT2D eigenvalue weighted by atomic mass is 35.5. The Labute approximate surface area is 75.2 Å². The molecule has 0 bridgehead atoms. The summed E-state index contributed by atoms with van der Waals surface area (Å²) < 4.78 is 0. The van der Waals surface area contributed by atoms with Crippen LogP contribution in [0.4, 0.5) is 0 Å². The van der Waals surface area contributed by atoms with Crippen LogP contribution in [0.2, 0.25) is 5.02 Å². The molecular formula is C8H10ClNS. The quantitative estimate of drug-likeness (QED) is 0.757. The number of rotatable bonds is 2. The average molecular weight is 188 g/mol. The van der Waals surface area contributed by atoms with Crippen LogP contribution < -0.4 is 5.73 Å². The van der Waals surface area contributed by atoms with E-state index in [-0.39, 0.29) is 6.04 Å². The van der Waals surface area contributed by atoms with Crippen LogP contribution in [-0.4, -0.2) is 0 Å². The molecule has 0 saturated heterocycles. The summed E-state index contributed by atoms with van der Waals surface area (Å²) in [5.41, 5.74) is 5.97. The molecule has 1 aromatic rings. The van der Waals surface area contributed by atoms with Crippen molar-refractivity contribution in [1.29, 1.82) is 0 Å². The summed E-state index contributed by atoms with van der Waals surface area (Å²) >= 11 is 7.45. The first-order valence-electron chi connectivity index (χ1n) is 3.77. The van der Waals surface area contributed by atoms with Crippen molar-refractivity contribution in [2.45, 2.75) is 18.9 Å². The second-order valence-electron chi connectivity index (χ2n) is 3.03. The van der Waals surface area contributed by atoms with Crippen LogP contribution in [0.15, 0.2) is 11.4 Å². The van der Waals surface area contributed by atoms with Crippen molar-refractivity contribution >= 4 is 22.9 Å². The van der Waals surface area contributed by atoms with E-state index in [0.717, 1.165) is 10.9 Å². The standard InChI is InChI=1S/C8H10ClNS/c9-6-3-7(11-4-6)8(10)5-1-2-5/h3-5,8H,1-2,10H2/t8-/m1/s1. The van der Waals surface area contributed by atoms with Gasteiger partial charge in [-0.25, -0.2) is 0 Å². The SMILES string of the molecule is N[C@@H](c1cc(Cl)cs1)C1CC1. The van der Waals surface area contributed by atoms with Crippen molar-refractivity contribution in [2.24, 2.45) is 11.7 Å². The molecule has 3 heteroatoms. The molecular weight excluding hydrogens is 178 g/mol. The second-order valence-corrected chi connectivity index (χ2v) is 4.41. The van der Waals surface area contributed by atoms with Crippen LogP contribution in [-0.2, 0) is 0 Å². The summed E-state index contributed by atoms with van der Waals surface area (Å²) in [6, 6.07) is 2.22. The normalized spacial score (nSPS) is 20.2. The molecule has 1 aliphatic carbocycles. The van der Waals surface area contributed by atoms with Crippen LogP contribution in [0, 0.1) is 5.92 Å². The Morgan fingerprint density at radius 3 is 2.82 bits per heavy atom. The lowest BCUT2D eigenvalue weighted by molar-refractivity contribution is 0.645. The topological polar surface area (TPSA) is 26.0 Å². The minimum Gasteiger partial charge on any atom is -0.323 e. The predicted molar refractivity (Wildman–Crippen MR) is 49.0 cm³/mol. The molecule has 0 unspecified atom stereocenters. The lowest BCUT2D eigenvalue weighted by Gasteiger charge is -2.05. The zero-order chi connectivity index (χ0) is 7.84. The van der Waals surface area contributed by atoms with Gasteiger partial charge in [-0.1, -0.05) is 11.6 Å². The van der Waals surface area contributed by atoms with Gasteiger partial charge >= 0.3 is 0 Å². The molecule has 1 saturated carbocycles. The minimum absolute atomic E-state index is 0.243. The van der Waals surface area contributed by atoms with E-state index in [1.54, 1.807) is 11.3 Å². The third-order valence-corrected chi connectivity index (χ3v) is 3.43. The largest absolute Gasteiger partial charge is 0.323 e. The third-order valence-electron chi connectivity index (χ3n) is 2.05. The fraction of sp³-hybridized carbons (Fsp3) is 0.500. The van der Waals surface area contributed by atoms with E-state index in [1.165, 1.54) is 17.7 Å². The van der Waals surface area contributed by atoms with Gasteiger partial charge in [-0.05, 0) is 24.8 Å². The molecule has 0 aliphatic heterocycles. The zero-order valence-electron chi connectivity index (χ0n) is 6.09. The van der Waals surface area contributed by atoms with Crippen molar-refractivity contribution in [3.05, 3.63) is 21.3 Å². The van der Waals surface area contributed by atoms with Gasteiger partial charge in [-0.3, -0.25) is 0 Å². The van der Waals surface area contributed by atoms with E-state index in [9.17, 15) is 0 Å². The number of hydrogen-bond acceptors (Lipinski definition) is 2. The average Bonchev–Trinajstić information content (AvgIpc) is 2.74. The highest BCUT2D eigenvalue weighted by Gasteiger charge is 2.30. The minimum atomic E-state index is 0.243. The summed E-state index contributed by atoms with van der Waals surface area (Å²) in [5.74, 6) is 0.727. The van der Waals surface area contributed by atoms with E-state index >= 15 is 0 Å². The Kier molecular flexibility index (Phi) is 1.91. The molecule has 1 atom stereocenters. The molecule has 1 fully saturated rings. The summed E-state index contributed by atoms with van der Waals surface area (Å²) in [7, 11) is 0. The van der Waals surface area contributed by atoms with Crippen molar-refractivity contribution in [3.63, 3.8) is 0 Å². The van der Waals surface area contributed by atoms with Crippen LogP contribution in [0.3, 0.4) is 0 Å². The lowest BCUT2D eigenvalue weighted by atomic mass is 10.2. The molecule has 1 heterocycles. The first kappa shape index (κ1) is 7.59. The fourth-order valence-electron chi connectivity index (χ4n) is 1.19. The van der Waals surface area contributed by atoms with Crippen LogP contribution in [0.1, 0.15) is 23.8 Å². The van der Waals surface area contributed by atoms with Gasteiger partial charge in [0.15, 0.2) is 0 Å². The molecule has 0 radical (unpaired) electrons. The van der Waals surface area contributed by atoms with Crippen LogP contribution in [0.25, 0.3) is 0 Å². The molecule has 0 spiro atoms. The van der Waals surface area contributed by atoms with Crippen molar-refractivity contribution in [2.75, 3.05) is 0 Å². The van der Waals surface area contributed by atoms with Crippen molar-refractivity contribution in [3.8, 4) is 0 Å². The van der Waals surface area contributed by atoms with Crippen LogP contribution >= 0.6 is 22.9 Å². The van der Waals surface area contributed by atoms with E-state index in [2.05, 4.69) is 0 Å². The van der Waals surface area contributed by atoms with Gasteiger partial charge in [0.2, 0.25) is 0 Å². The first-order valence-corrected chi connectivity index (χ1v) is 5.02. The first-order chi connectivity index (χ1) is 5.27. The van der Waals surface area contributed by atoms with E-state index < -0.39 is 0 Å². The molecule has 0 amide bonds. The summed E-state index contributed by atoms with van der Waals surface area (Å²) in [5, 5.41) is 2.76. The molecule has 1 aromatic heterocycles. The Balaban J connectivity index is 2.14. The molecule has 60 valence electrons. The van der Waals surface area contributed by atoms with Gasteiger partial charge < -0.3 is 5.73 Å². The van der Waals surface area contributed by atoms with Gasteiger partial charge in [0.1, 0.15) is 0 Å². The molecule has 11 heavy (non-hydrogen) atoms. The van der Waals surface area contributed by atoms with Gasteiger partial charge in [0.05, 0.1) is 5.02 Å². The lowest BCUT2D eigenvalue weighted by Crippen LogP contribution is -2.10. The Hall–Kier alpha value is -0.0500. The maximum atomic E-state index is 5.97. The third kappa shape index (κ3) is 1.58. The summed E-state index contributed by atoms with van der Waals surface area (Å²) in [4.78, 5) is 1.23. The Bertz CT molecular complexity index is 254. The highest BCUT2D eigenvalue weighted by molar-refractivity contribution is 7.10. The van der Waals surface area contributed by atoms with Gasteiger partial charge in [-0.2, -0.15) is 0 Å². The van der Waals surface area contributed by atoms with Gasteiger partial charge in [0.25, 0.3) is 0 Å². The number of halogens is 1. The van der Waals surface area contributed by atoms with E-state index in [4.69, 9.17) is 17.3 Å². The Morgan fingerprint density at radius 2 is 2.36 bits per heavy atom. The number of nitrogens with two attached hydrogens (primary N) is 1. The number of hydrogen-bond donors (Lipinski definition) is 1. The zero-order valence-corrected chi connectivity index (χ0v) is 7.66. The highest BCUT2D eigenvalue weighted by Crippen LogP contribution is 2.41. The molecule has 0 aromatic carbocycles. The molecule has 1 nitrogen and oxygen atoms in total. The molecule has 2 N–H and O–H groups in total. The number of thiophene rings is 1. The molecule has 1 aliphatic rings.